The zero-order valence-corrected chi connectivity index (χ0v) is 15.5. The van der Waals surface area contributed by atoms with Crippen LogP contribution in [0.15, 0.2) is 60.7 Å². The number of nitrogens with zero attached hydrogens (tertiary/aromatic N) is 1. The van der Waals surface area contributed by atoms with Gasteiger partial charge in [0.15, 0.2) is 5.78 Å². The van der Waals surface area contributed by atoms with Crippen LogP contribution < -0.4 is 5.73 Å². The first-order valence-electron chi connectivity index (χ1n) is 8.82. The third-order valence-electron chi connectivity index (χ3n) is 5.50. The highest BCUT2D eigenvalue weighted by atomic mass is 19.1. The highest BCUT2D eigenvalue weighted by molar-refractivity contribution is 6.07. The molecule has 2 aromatic rings. The average Bonchev–Trinajstić information content (AvgIpc) is 2.69. The molecule has 0 aliphatic heterocycles. The van der Waals surface area contributed by atoms with Gasteiger partial charge in [0, 0.05) is 4.92 Å². The highest BCUT2D eigenvalue weighted by Gasteiger charge is 2.63. The van der Waals surface area contributed by atoms with Gasteiger partial charge in [-0.25, -0.2) is 8.78 Å². The largest absolute Gasteiger partial charge is 0.320 e. The van der Waals surface area contributed by atoms with Gasteiger partial charge in [-0.05, 0) is 36.8 Å². The van der Waals surface area contributed by atoms with Crippen molar-refractivity contribution >= 4 is 11.6 Å². The molecular weight excluding hydrogens is 382 g/mol. The van der Waals surface area contributed by atoms with Gasteiger partial charge >= 0.3 is 5.54 Å². The van der Waals surface area contributed by atoms with Crippen molar-refractivity contribution in [1.82, 2.24) is 0 Å². The SMILES string of the molecule is CC1(C(=O)c2ccccc2F)CC=CC(C(=O)c2ccccc2F)([N+](=O)[O-])C1N. The Morgan fingerprint density at radius 1 is 1.03 bits per heavy atom. The lowest BCUT2D eigenvalue weighted by Crippen LogP contribution is -2.67. The van der Waals surface area contributed by atoms with Crippen molar-refractivity contribution in [2.45, 2.75) is 24.9 Å². The molecule has 150 valence electrons. The molecule has 1 aliphatic carbocycles. The van der Waals surface area contributed by atoms with Gasteiger partial charge in [-0.1, -0.05) is 37.3 Å². The van der Waals surface area contributed by atoms with E-state index < -0.39 is 50.7 Å². The van der Waals surface area contributed by atoms with Crippen LogP contribution in [0.5, 0.6) is 0 Å². The fourth-order valence-electron chi connectivity index (χ4n) is 3.72. The number of carbonyl (C=O) groups is 2. The first kappa shape index (κ1) is 20.5. The summed E-state index contributed by atoms with van der Waals surface area (Å²) in [6.07, 6.45) is 2.26. The molecule has 0 radical (unpaired) electrons. The summed E-state index contributed by atoms with van der Waals surface area (Å²) >= 11 is 0. The molecule has 0 spiro atoms. The molecule has 8 heteroatoms. The number of benzene rings is 2. The Hall–Kier alpha value is -3.26. The van der Waals surface area contributed by atoms with Crippen LogP contribution in [0.3, 0.4) is 0 Å². The van der Waals surface area contributed by atoms with Crippen molar-refractivity contribution in [3.05, 3.63) is 93.6 Å². The number of Topliss-reactive ketones (excluding diaryl/α,β-unsaturated/α-hetero) is 2. The van der Waals surface area contributed by atoms with Crippen LogP contribution in [0.4, 0.5) is 8.78 Å². The molecule has 3 unspecified atom stereocenters. The number of ketones is 2. The van der Waals surface area contributed by atoms with E-state index in [1.54, 1.807) is 0 Å². The molecule has 0 fully saturated rings. The molecule has 0 heterocycles. The summed E-state index contributed by atoms with van der Waals surface area (Å²) in [5.41, 5.74) is 1.17. The van der Waals surface area contributed by atoms with Gasteiger partial charge in [-0.3, -0.25) is 19.7 Å². The number of rotatable bonds is 5. The van der Waals surface area contributed by atoms with Crippen molar-refractivity contribution in [2.24, 2.45) is 11.1 Å². The van der Waals surface area contributed by atoms with Crippen molar-refractivity contribution in [3.63, 3.8) is 0 Å². The minimum Gasteiger partial charge on any atom is -0.320 e. The van der Waals surface area contributed by atoms with Crippen LogP contribution in [-0.4, -0.2) is 28.1 Å². The highest BCUT2D eigenvalue weighted by Crippen LogP contribution is 2.42. The van der Waals surface area contributed by atoms with Crippen LogP contribution in [0.25, 0.3) is 0 Å². The maximum absolute atomic E-state index is 14.2. The van der Waals surface area contributed by atoms with E-state index in [1.807, 2.05) is 0 Å². The number of hydrogen-bond acceptors (Lipinski definition) is 5. The third kappa shape index (κ3) is 3.05. The maximum Gasteiger partial charge on any atom is 0.317 e. The minimum atomic E-state index is -2.57. The maximum atomic E-state index is 14.2. The van der Waals surface area contributed by atoms with Crippen molar-refractivity contribution < 1.29 is 23.3 Å². The molecule has 29 heavy (non-hydrogen) atoms. The van der Waals surface area contributed by atoms with Gasteiger partial charge in [0.05, 0.1) is 16.5 Å². The molecule has 0 aromatic heterocycles. The van der Waals surface area contributed by atoms with Gasteiger partial charge in [0.2, 0.25) is 5.78 Å². The van der Waals surface area contributed by atoms with Gasteiger partial charge in [-0.15, -0.1) is 0 Å². The number of hydrogen-bond donors (Lipinski definition) is 1. The van der Waals surface area contributed by atoms with Crippen LogP contribution in [0, 0.1) is 27.2 Å². The molecule has 2 N–H and O–H groups in total. The Labute approximate surface area is 165 Å². The fourth-order valence-corrected chi connectivity index (χ4v) is 3.72. The second-order valence-corrected chi connectivity index (χ2v) is 7.20. The number of nitrogens with two attached hydrogens (primary N) is 1. The summed E-state index contributed by atoms with van der Waals surface area (Å²) in [5, 5.41) is 12.1. The van der Waals surface area contributed by atoms with E-state index in [1.165, 1.54) is 43.3 Å². The molecular formula is C21H18F2N2O4. The van der Waals surface area contributed by atoms with E-state index in [2.05, 4.69) is 0 Å². The number of nitro groups is 1. The van der Waals surface area contributed by atoms with Crippen LogP contribution in [0.1, 0.15) is 34.1 Å². The summed E-state index contributed by atoms with van der Waals surface area (Å²) < 4.78 is 28.4. The fraction of sp³-hybridized carbons (Fsp3) is 0.238. The van der Waals surface area contributed by atoms with Gasteiger partial charge < -0.3 is 5.73 Å². The van der Waals surface area contributed by atoms with E-state index in [0.29, 0.717) is 0 Å². The number of allylic oxidation sites excluding steroid dienone is 1. The quantitative estimate of drug-likeness (QED) is 0.359. The zero-order chi connectivity index (χ0) is 21.4. The predicted octanol–water partition coefficient (Wildman–Crippen LogP) is 3.34. The van der Waals surface area contributed by atoms with Crippen molar-refractivity contribution in [1.29, 1.82) is 0 Å². The van der Waals surface area contributed by atoms with E-state index >= 15 is 0 Å². The number of halogens is 2. The molecule has 0 amide bonds. The van der Waals surface area contributed by atoms with Gasteiger partial charge in [0.1, 0.15) is 17.7 Å². The molecule has 0 saturated heterocycles. The van der Waals surface area contributed by atoms with Gasteiger partial charge in [0.25, 0.3) is 0 Å². The summed E-state index contributed by atoms with van der Waals surface area (Å²) in [6, 6.07) is 8.37. The average molecular weight is 400 g/mol. The molecule has 6 nitrogen and oxygen atoms in total. The summed E-state index contributed by atoms with van der Waals surface area (Å²) in [4.78, 5) is 37.4. The Balaban J connectivity index is 2.15. The second kappa shape index (κ2) is 7.29. The van der Waals surface area contributed by atoms with Gasteiger partial charge in [-0.2, -0.15) is 0 Å². The number of carbonyl (C=O) groups excluding carboxylic acids is 2. The molecule has 3 rings (SSSR count). The standard InChI is InChI=1S/C21H18F2N2O4/c1-20(17(26)13-7-2-4-9-15(13)22)11-6-12-21(19(20)24,25(28)29)18(27)14-8-3-5-10-16(14)23/h2-10,12,19H,11,24H2,1H3. The lowest BCUT2D eigenvalue weighted by Gasteiger charge is -2.41. The molecule has 1 aliphatic rings. The predicted molar refractivity (Wildman–Crippen MR) is 101 cm³/mol. The minimum absolute atomic E-state index is 0.0402. The Morgan fingerprint density at radius 2 is 1.52 bits per heavy atom. The van der Waals surface area contributed by atoms with Crippen molar-refractivity contribution in [3.8, 4) is 0 Å². The summed E-state index contributed by atoms with van der Waals surface area (Å²) in [5.74, 6) is -3.67. The second-order valence-electron chi connectivity index (χ2n) is 7.20. The lowest BCUT2D eigenvalue weighted by atomic mass is 9.62. The first-order chi connectivity index (χ1) is 13.7. The van der Waals surface area contributed by atoms with E-state index in [-0.39, 0.29) is 12.0 Å². The van der Waals surface area contributed by atoms with Crippen molar-refractivity contribution in [2.75, 3.05) is 0 Å². The summed E-state index contributed by atoms with van der Waals surface area (Å²) in [7, 11) is 0. The first-order valence-corrected chi connectivity index (χ1v) is 8.82. The van der Waals surface area contributed by atoms with E-state index in [4.69, 9.17) is 5.73 Å². The van der Waals surface area contributed by atoms with E-state index in [9.17, 15) is 28.5 Å². The lowest BCUT2D eigenvalue weighted by molar-refractivity contribution is -0.542. The van der Waals surface area contributed by atoms with Crippen LogP contribution >= 0.6 is 0 Å². The molecule has 3 atom stereocenters. The smallest absolute Gasteiger partial charge is 0.317 e. The topological polar surface area (TPSA) is 103 Å². The molecule has 2 aromatic carbocycles. The molecule has 0 bridgehead atoms. The molecule has 0 saturated carbocycles. The Bertz CT molecular complexity index is 1040. The third-order valence-corrected chi connectivity index (χ3v) is 5.50. The van der Waals surface area contributed by atoms with Crippen LogP contribution in [-0.2, 0) is 0 Å². The van der Waals surface area contributed by atoms with Crippen LogP contribution in [0.2, 0.25) is 0 Å². The normalized spacial score (nSPS) is 26.1. The Morgan fingerprint density at radius 3 is 2.00 bits per heavy atom. The monoisotopic (exact) mass is 400 g/mol. The van der Waals surface area contributed by atoms with E-state index in [0.717, 1.165) is 24.3 Å². The zero-order valence-electron chi connectivity index (χ0n) is 15.5. The Kier molecular flexibility index (Phi) is 5.15. The summed E-state index contributed by atoms with van der Waals surface area (Å²) in [6.45, 7) is 1.35.